The summed E-state index contributed by atoms with van der Waals surface area (Å²) in [6, 6.07) is 1.84. The van der Waals surface area contributed by atoms with E-state index in [1.54, 1.807) is 0 Å². The summed E-state index contributed by atoms with van der Waals surface area (Å²) in [5.41, 5.74) is 0.195. The maximum Gasteiger partial charge on any atom is 0.293 e. The van der Waals surface area contributed by atoms with Crippen molar-refractivity contribution in [2.75, 3.05) is 0 Å². The van der Waals surface area contributed by atoms with E-state index < -0.39 is 11.8 Å². The highest BCUT2D eigenvalue weighted by Gasteiger charge is 2.66. The summed E-state index contributed by atoms with van der Waals surface area (Å²) in [6.45, 7) is 3.06. The Bertz CT molecular complexity index is 570. The maximum atomic E-state index is 14.0. The van der Waals surface area contributed by atoms with Gasteiger partial charge in [-0.3, -0.25) is 4.68 Å². The number of hydrogen-bond donors (Lipinski definition) is 1. The molecule has 2 atom stereocenters. The molecule has 2 aliphatic carbocycles. The molecule has 0 amide bonds. The number of aromatic nitrogens is 2. The highest BCUT2D eigenvalue weighted by atomic mass is 19.3. The van der Waals surface area contributed by atoms with Crippen LogP contribution in [0.25, 0.3) is 0 Å². The van der Waals surface area contributed by atoms with Gasteiger partial charge in [0.2, 0.25) is 0 Å². The van der Waals surface area contributed by atoms with Gasteiger partial charge in [0, 0.05) is 11.5 Å². The molecule has 1 N–H and O–H groups in total. The van der Waals surface area contributed by atoms with E-state index in [1.165, 1.54) is 0 Å². The van der Waals surface area contributed by atoms with Crippen LogP contribution in [0.4, 0.5) is 8.78 Å². The lowest BCUT2D eigenvalue weighted by Crippen LogP contribution is -2.20. The summed E-state index contributed by atoms with van der Waals surface area (Å²) in [4.78, 5) is 0. The number of aliphatic hydroxyl groups excluding tert-OH is 1. The van der Waals surface area contributed by atoms with E-state index in [2.05, 4.69) is 11.7 Å². The van der Waals surface area contributed by atoms with Crippen LogP contribution in [0.3, 0.4) is 0 Å². The summed E-state index contributed by atoms with van der Waals surface area (Å²) >= 11 is 0. The number of aliphatic hydroxyl groups is 1. The van der Waals surface area contributed by atoms with Gasteiger partial charge >= 0.3 is 0 Å². The highest BCUT2D eigenvalue weighted by Crippen LogP contribution is 2.67. The Morgan fingerprint density at radius 2 is 2.41 bits per heavy atom. The molecular weight excluding hydrogens is 228 g/mol. The lowest BCUT2D eigenvalue weighted by Gasteiger charge is -2.14. The largest absolute Gasteiger partial charge is 0.511 e. The van der Waals surface area contributed by atoms with Crippen molar-refractivity contribution in [1.82, 2.24) is 9.78 Å². The molecule has 1 fully saturated rings. The molecule has 0 unspecified atom stereocenters. The van der Waals surface area contributed by atoms with E-state index in [4.69, 9.17) is 10.4 Å². The fourth-order valence-corrected chi connectivity index (χ4v) is 2.64. The van der Waals surface area contributed by atoms with Crippen LogP contribution in [0.15, 0.2) is 12.3 Å². The molecule has 4 nitrogen and oxygen atoms in total. The first kappa shape index (κ1) is 10.3. The molecule has 1 aromatic rings. The van der Waals surface area contributed by atoms with Crippen molar-refractivity contribution < 1.29 is 13.9 Å². The first-order chi connectivity index (χ1) is 7.96. The zero-order valence-electron chi connectivity index (χ0n) is 8.82. The first-order valence-corrected chi connectivity index (χ1v) is 5.22. The number of nitriles is 1. The van der Waals surface area contributed by atoms with Crippen LogP contribution in [0.1, 0.15) is 29.3 Å². The lowest BCUT2D eigenvalue weighted by molar-refractivity contribution is -0.0309. The Kier molecular flexibility index (Phi) is 1.73. The van der Waals surface area contributed by atoms with Crippen molar-refractivity contribution in [3.05, 3.63) is 29.3 Å². The van der Waals surface area contributed by atoms with Gasteiger partial charge in [0.1, 0.15) is 17.5 Å². The maximum absolute atomic E-state index is 14.0. The molecule has 0 aliphatic heterocycles. The van der Waals surface area contributed by atoms with E-state index in [9.17, 15) is 8.78 Å². The molecule has 0 bridgehead atoms. The number of nitrogens with zero attached hydrogens (tertiary/aromatic N) is 3. The number of hydrogen-bond acceptors (Lipinski definition) is 3. The lowest BCUT2D eigenvalue weighted by atomic mass is 10.1. The van der Waals surface area contributed by atoms with Crippen molar-refractivity contribution >= 4 is 0 Å². The zero-order chi connectivity index (χ0) is 12.4. The molecule has 3 rings (SSSR count). The summed E-state index contributed by atoms with van der Waals surface area (Å²) in [5, 5.41) is 21.8. The molecule has 17 heavy (non-hydrogen) atoms. The predicted molar refractivity (Wildman–Crippen MR) is 53.5 cm³/mol. The molecule has 0 spiro atoms. The average molecular weight is 237 g/mol. The van der Waals surface area contributed by atoms with Gasteiger partial charge in [-0.2, -0.15) is 19.1 Å². The number of alkyl halides is 2. The van der Waals surface area contributed by atoms with Crippen molar-refractivity contribution in [2.45, 2.75) is 24.8 Å². The minimum atomic E-state index is -2.95. The minimum absolute atomic E-state index is 0.0472. The summed E-state index contributed by atoms with van der Waals surface area (Å²) in [7, 11) is 0. The van der Waals surface area contributed by atoms with Crippen LogP contribution in [0.5, 0.6) is 0 Å². The second kappa shape index (κ2) is 2.86. The van der Waals surface area contributed by atoms with Crippen molar-refractivity contribution in [3.8, 4) is 6.07 Å². The van der Waals surface area contributed by atoms with Crippen LogP contribution in [-0.4, -0.2) is 14.9 Å². The number of fused-ring (bicyclic) bond motifs is 3. The molecule has 0 saturated heterocycles. The van der Waals surface area contributed by atoms with Crippen LogP contribution in [0.2, 0.25) is 0 Å². The van der Waals surface area contributed by atoms with Gasteiger partial charge in [-0.15, -0.1) is 0 Å². The Hall–Kier alpha value is -1.90. The number of allylic oxidation sites excluding steroid dienone is 1. The average Bonchev–Trinajstić information content (AvgIpc) is 2.89. The quantitative estimate of drug-likeness (QED) is 0.800. The third-order valence-corrected chi connectivity index (χ3v) is 3.37. The molecule has 1 heterocycles. The van der Waals surface area contributed by atoms with Crippen LogP contribution in [-0.2, 0) is 12.5 Å². The van der Waals surface area contributed by atoms with Crippen molar-refractivity contribution in [2.24, 2.45) is 5.92 Å². The van der Waals surface area contributed by atoms with Gasteiger partial charge in [0.25, 0.3) is 5.92 Å². The Morgan fingerprint density at radius 1 is 1.71 bits per heavy atom. The van der Waals surface area contributed by atoms with E-state index in [0.29, 0.717) is 12.0 Å². The first-order valence-electron chi connectivity index (χ1n) is 5.22. The van der Waals surface area contributed by atoms with E-state index in [0.717, 1.165) is 4.68 Å². The van der Waals surface area contributed by atoms with Gasteiger partial charge in [-0.25, -0.2) is 0 Å². The van der Waals surface area contributed by atoms with Gasteiger partial charge in [0.15, 0.2) is 5.69 Å². The normalized spacial score (nSPS) is 27.1. The van der Waals surface area contributed by atoms with Crippen molar-refractivity contribution in [3.63, 3.8) is 0 Å². The highest BCUT2D eigenvalue weighted by molar-refractivity contribution is 5.49. The molecule has 0 radical (unpaired) electrons. The molecule has 88 valence electrons. The topological polar surface area (TPSA) is 61.8 Å². The minimum Gasteiger partial charge on any atom is -0.511 e. The van der Waals surface area contributed by atoms with E-state index >= 15 is 0 Å². The van der Waals surface area contributed by atoms with E-state index in [-0.39, 0.29) is 29.6 Å². The van der Waals surface area contributed by atoms with Crippen LogP contribution < -0.4 is 0 Å². The zero-order valence-corrected chi connectivity index (χ0v) is 8.82. The molecule has 6 heteroatoms. The molecule has 1 saturated carbocycles. The van der Waals surface area contributed by atoms with E-state index in [1.807, 2.05) is 6.07 Å². The smallest absolute Gasteiger partial charge is 0.293 e. The molecule has 1 aromatic heterocycles. The van der Waals surface area contributed by atoms with Crippen LogP contribution >= 0.6 is 0 Å². The Balaban J connectivity index is 2.18. The molecular formula is C11H9F2N3O. The van der Waals surface area contributed by atoms with Gasteiger partial charge in [0.05, 0.1) is 6.54 Å². The fourth-order valence-electron chi connectivity index (χ4n) is 2.64. The monoisotopic (exact) mass is 237 g/mol. The Morgan fingerprint density at radius 3 is 3.00 bits per heavy atom. The third-order valence-electron chi connectivity index (χ3n) is 3.37. The fraction of sp³-hybridized carbons (Fsp3) is 0.455. The Labute approximate surface area is 95.8 Å². The summed E-state index contributed by atoms with van der Waals surface area (Å²) in [5.74, 6) is -4.13. The number of rotatable bonds is 2. The summed E-state index contributed by atoms with van der Waals surface area (Å²) < 4.78 is 28.9. The third kappa shape index (κ3) is 1.16. The molecule has 0 aromatic carbocycles. The van der Waals surface area contributed by atoms with Gasteiger partial charge in [-0.05, 0) is 12.3 Å². The molecule has 2 aliphatic rings. The predicted octanol–water partition coefficient (Wildman–Crippen LogP) is 2.04. The van der Waals surface area contributed by atoms with Crippen molar-refractivity contribution in [1.29, 1.82) is 5.26 Å². The van der Waals surface area contributed by atoms with Gasteiger partial charge < -0.3 is 5.11 Å². The SMILES string of the molecule is C=C(O)Cn1nc(C#N)c2c1C(F)(F)[C@@H]1C[C@H]21. The standard InChI is InChI=1S/C11H9F2N3O/c1-5(17)4-16-10-9(8(3-14)15-16)6-2-7(6)11(10,12)13/h6-7,17H,1-2,4H2/t6-,7+/m0/s1. The second-order valence-corrected chi connectivity index (χ2v) is 4.52. The summed E-state index contributed by atoms with van der Waals surface area (Å²) in [6.07, 6.45) is 0.417. The number of halogens is 2. The van der Waals surface area contributed by atoms with Crippen LogP contribution in [0, 0.1) is 17.2 Å². The van der Waals surface area contributed by atoms with Gasteiger partial charge in [-0.1, -0.05) is 6.58 Å². The second-order valence-electron chi connectivity index (χ2n) is 4.52.